The predicted molar refractivity (Wildman–Crippen MR) is 150 cm³/mol. The summed E-state index contributed by atoms with van der Waals surface area (Å²) in [6.07, 6.45) is 1.76. The van der Waals surface area contributed by atoms with Crippen molar-refractivity contribution in [3.63, 3.8) is 0 Å². The molecule has 13 nitrogen and oxygen atoms in total. The van der Waals surface area contributed by atoms with Crippen molar-refractivity contribution in [1.29, 1.82) is 0 Å². The van der Waals surface area contributed by atoms with E-state index in [9.17, 15) is 13.2 Å². The number of pyridine rings is 1. The Morgan fingerprint density at radius 2 is 1.90 bits per heavy atom. The van der Waals surface area contributed by atoms with Crippen LogP contribution < -0.4 is 15.4 Å². The van der Waals surface area contributed by atoms with Crippen molar-refractivity contribution in [2.24, 2.45) is 12.2 Å². The van der Waals surface area contributed by atoms with Gasteiger partial charge in [-0.1, -0.05) is 28.6 Å². The minimum Gasteiger partial charge on any atom is -0.476 e. The van der Waals surface area contributed by atoms with Crippen LogP contribution in [0.25, 0.3) is 10.3 Å². The maximum Gasteiger partial charge on any atom is 0.280 e. The smallest absolute Gasteiger partial charge is 0.280 e. The highest BCUT2D eigenvalue weighted by Crippen LogP contribution is 2.26. The lowest BCUT2D eigenvalue weighted by Crippen LogP contribution is -2.24. The van der Waals surface area contributed by atoms with Crippen molar-refractivity contribution in [2.75, 3.05) is 45.0 Å². The zero-order chi connectivity index (χ0) is 28.5. The number of carbonyl (C=O) groups is 1. The van der Waals surface area contributed by atoms with Crippen LogP contribution in [0.15, 0.2) is 58.7 Å². The average Bonchev–Trinajstić information content (AvgIpc) is 3.54. The molecule has 0 saturated carbocycles. The van der Waals surface area contributed by atoms with Gasteiger partial charge in [0.25, 0.3) is 5.91 Å². The molecule has 0 bridgehead atoms. The number of nitrogens with zero attached hydrogens (tertiary/aromatic N) is 5. The molecule has 0 aliphatic heterocycles. The number of methoxy groups -OCH3 is 1. The molecule has 0 radical (unpaired) electrons. The number of nitrogens with one attached hydrogen (secondary N) is 2. The first-order chi connectivity index (χ1) is 19.3. The number of anilines is 1. The van der Waals surface area contributed by atoms with Crippen molar-refractivity contribution in [3.8, 4) is 5.88 Å². The number of sulfone groups is 1. The number of carbonyl (C=O) groups excluding carboxylic acids is 1. The molecule has 4 aromatic rings. The number of thiazole rings is 1. The van der Waals surface area contributed by atoms with Crippen molar-refractivity contribution in [2.45, 2.75) is 11.5 Å². The standard InChI is InChI=1S/C25H29N7O6S2/c1-26-11-13-37-21-9-8-20-24(28-21)39-25(27-20)29-23(33)22(31-38-16-18-10-12-32(2)30-18)17-4-6-19(7-5-17)40(34,35)15-14-36-3/h4-10,12,26H,11,13-16H2,1-3H3,(H,27,29,33)/b31-22+. The fourth-order valence-electron chi connectivity index (χ4n) is 3.41. The lowest BCUT2D eigenvalue weighted by molar-refractivity contribution is -0.110. The first kappa shape index (κ1) is 29.1. The van der Waals surface area contributed by atoms with Gasteiger partial charge in [-0.2, -0.15) is 5.10 Å². The zero-order valence-corrected chi connectivity index (χ0v) is 23.8. The first-order valence-corrected chi connectivity index (χ1v) is 14.6. The Balaban J connectivity index is 1.55. The largest absolute Gasteiger partial charge is 0.476 e. The average molecular weight is 588 g/mol. The van der Waals surface area contributed by atoms with E-state index in [1.54, 1.807) is 36.1 Å². The van der Waals surface area contributed by atoms with Crippen LogP contribution in [0.1, 0.15) is 11.3 Å². The number of aromatic nitrogens is 4. The molecule has 0 saturated heterocycles. The van der Waals surface area contributed by atoms with Gasteiger partial charge in [-0.25, -0.2) is 18.4 Å². The molecular formula is C25H29N7O6S2. The number of oxime groups is 1. The number of fused-ring (bicyclic) bond motifs is 1. The molecule has 4 rings (SSSR count). The van der Waals surface area contributed by atoms with E-state index in [1.165, 1.54) is 42.7 Å². The molecule has 0 atom stereocenters. The maximum absolute atomic E-state index is 13.3. The second kappa shape index (κ2) is 13.4. The van der Waals surface area contributed by atoms with Crippen molar-refractivity contribution >= 4 is 48.3 Å². The van der Waals surface area contributed by atoms with E-state index in [0.29, 0.717) is 45.8 Å². The summed E-state index contributed by atoms with van der Waals surface area (Å²) < 4.78 is 37.1. The molecule has 0 aliphatic rings. The molecule has 0 unspecified atom stereocenters. The summed E-state index contributed by atoms with van der Waals surface area (Å²) in [7, 11) is 1.50. The van der Waals surface area contributed by atoms with Crippen LogP contribution in [0.5, 0.6) is 5.88 Å². The molecule has 0 fully saturated rings. The van der Waals surface area contributed by atoms with Crippen molar-refractivity contribution in [3.05, 3.63) is 59.9 Å². The van der Waals surface area contributed by atoms with Crippen molar-refractivity contribution in [1.82, 2.24) is 25.1 Å². The van der Waals surface area contributed by atoms with Crippen molar-refractivity contribution < 1.29 is 27.5 Å². The SMILES string of the molecule is CNCCOc1ccc2nc(NC(=O)/C(=N/OCc3ccn(C)n3)c3ccc(S(=O)(=O)CCOC)cc3)sc2n1. The number of likely N-dealkylation sites (N-methyl/N-ethyl adjacent to an activating group) is 1. The number of hydrogen-bond donors (Lipinski definition) is 2. The minimum atomic E-state index is -3.55. The van der Waals surface area contributed by atoms with Crippen LogP contribution in [0.2, 0.25) is 0 Å². The second-order valence-electron chi connectivity index (χ2n) is 8.43. The third kappa shape index (κ3) is 7.59. The van der Waals surface area contributed by atoms with Gasteiger partial charge in [0.05, 0.1) is 17.3 Å². The lowest BCUT2D eigenvalue weighted by Gasteiger charge is -2.08. The quantitative estimate of drug-likeness (QED) is 0.127. The van der Waals surface area contributed by atoms with Gasteiger partial charge in [-0.05, 0) is 31.3 Å². The molecule has 0 spiro atoms. The molecule has 3 aromatic heterocycles. The second-order valence-corrected chi connectivity index (χ2v) is 11.5. The van der Waals surface area contributed by atoms with E-state index in [2.05, 4.69) is 30.9 Å². The summed E-state index contributed by atoms with van der Waals surface area (Å²) in [6.45, 7) is 1.24. The van der Waals surface area contributed by atoms with Gasteiger partial charge in [0.15, 0.2) is 27.3 Å². The van der Waals surface area contributed by atoms with Gasteiger partial charge in [0.2, 0.25) is 5.88 Å². The highest BCUT2D eigenvalue weighted by Gasteiger charge is 2.20. The molecule has 212 valence electrons. The summed E-state index contributed by atoms with van der Waals surface area (Å²) in [5.41, 5.74) is 1.50. The summed E-state index contributed by atoms with van der Waals surface area (Å²) in [5.74, 6) is -0.304. The molecule has 1 aromatic carbocycles. The van der Waals surface area contributed by atoms with Crippen LogP contribution in [0.3, 0.4) is 0 Å². The van der Waals surface area contributed by atoms with Gasteiger partial charge in [0.1, 0.15) is 22.6 Å². The highest BCUT2D eigenvalue weighted by atomic mass is 32.2. The summed E-state index contributed by atoms with van der Waals surface area (Å²) in [4.78, 5) is 28.4. The topological polar surface area (TPSA) is 159 Å². The molecular weight excluding hydrogens is 558 g/mol. The number of rotatable bonds is 14. The van der Waals surface area contributed by atoms with E-state index in [-0.39, 0.29) is 29.6 Å². The monoisotopic (exact) mass is 587 g/mol. The third-order valence-electron chi connectivity index (χ3n) is 5.45. The molecule has 3 heterocycles. The Bertz CT molecular complexity index is 1580. The molecule has 1 amide bonds. The Hall–Kier alpha value is -3.92. The van der Waals surface area contributed by atoms with Crippen LogP contribution in [-0.2, 0) is 37.9 Å². The Kier molecular flexibility index (Phi) is 9.76. The van der Waals surface area contributed by atoms with Gasteiger partial charge in [-0.15, -0.1) is 0 Å². The fraction of sp³-hybridized carbons (Fsp3) is 0.320. The van der Waals surface area contributed by atoms with Crippen LogP contribution >= 0.6 is 11.3 Å². The molecule has 2 N–H and O–H groups in total. The normalized spacial score (nSPS) is 12.0. The lowest BCUT2D eigenvalue weighted by atomic mass is 10.1. The third-order valence-corrected chi connectivity index (χ3v) is 8.02. The van der Waals surface area contributed by atoms with E-state index in [1.807, 2.05) is 7.05 Å². The summed E-state index contributed by atoms with van der Waals surface area (Å²) in [6, 6.07) is 11.1. The van der Waals surface area contributed by atoms with E-state index in [4.69, 9.17) is 14.3 Å². The first-order valence-electron chi connectivity index (χ1n) is 12.2. The van der Waals surface area contributed by atoms with E-state index < -0.39 is 15.7 Å². The Morgan fingerprint density at radius 3 is 2.60 bits per heavy atom. The van der Waals surface area contributed by atoms with E-state index >= 15 is 0 Å². The number of ether oxygens (including phenoxy) is 2. The molecule has 0 aliphatic carbocycles. The fourth-order valence-corrected chi connectivity index (χ4v) is 5.40. The van der Waals surface area contributed by atoms with Crippen LogP contribution in [0.4, 0.5) is 5.13 Å². The molecule has 40 heavy (non-hydrogen) atoms. The predicted octanol–water partition coefficient (Wildman–Crippen LogP) is 2.00. The van der Waals surface area contributed by atoms with E-state index in [0.717, 1.165) is 0 Å². The number of hydrogen-bond acceptors (Lipinski definition) is 12. The minimum absolute atomic E-state index is 0.0302. The van der Waals surface area contributed by atoms with Gasteiger partial charge in [-0.3, -0.25) is 14.8 Å². The maximum atomic E-state index is 13.3. The summed E-state index contributed by atoms with van der Waals surface area (Å²) in [5, 5.41) is 14.3. The van der Waals surface area contributed by atoms with Gasteiger partial charge in [0, 0.05) is 38.5 Å². The Labute approximate surface area is 235 Å². The van der Waals surface area contributed by atoms with Gasteiger partial charge >= 0.3 is 0 Å². The number of aryl methyl sites for hydroxylation is 1. The Morgan fingerprint density at radius 1 is 1.10 bits per heavy atom. The van der Waals surface area contributed by atoms with Crippen LogP contribution in [0, 0.1) is 0 Å². The zero-order valence-electron chi connectivity index (χ0n) is 22.2. The number of benzene rings is 1. The highest BCUT2D eigenvalue weighted by molar-refractivity contribution is 7.91. The van der Waals surface area contributed by atoms with Gasteiger partial charge < -0.3 is 19.6 Å². The summed E-state index contributed by atoms with van der Waals surface area (Å²) >= 11 is 1.18. The number of amides is 1. The van der Waals surface area contributed by atoms with Crippen LogP contribution in [-0.4, -0.2) is 79.5 Å². The molecule has 15 heteroatoms.